The van der Waals surface area contributed by atoms with Crippen LogP contribution in [0.25, 0.3) is 0 Å². The normalized spacial score (nSPS) is 15.4. The molecule has 0 atom stereocenters. The van der Waals surface area contributed by atoms with Crippen LogP contribution in [0.15, 0.2) is 0 Å². The number of carbonyl (C=O) groups is 3. The number of amides is 2. The van der Waals surface area contributed by atoms with Crippen LogP contribution in [-0.4, -0.2) is 61.0 Å². The van der Waals surface area contributed by atoms with Crippen LogP contribution in [0.4, 0.5) is 0 Å². The highest BCUT2D eigenvalue weighted by molar-refractivity contribution is 6.01. The van der Waals surface area contributed by atoms with E-state index in [9.17, 15) is 14.4 Å². The van der Waals surface area contributed by atoms with Crippen LogP contribution in [0.2, 0.25) is 0 Å². The van der Waals surface area contributed by atoms with Crippen molar-refractivity contribution in [1.29, 1.82) is 0 Å². The lowest BCUT2D eigenvalue weighted by atomic mass is 10.0. The molecule has 28 heavy (non-hydrogen) atoms. The lowest BCUT2D eigenvalue weighted by Crippen LogP contribution is -2.32. The Morgan fingerprint density at radius 3 is 2.14 bits per heavy atom. The van der Waals surface area contributed by atoms with Crippen molar-refractivity contribution in [2.24, 2.45) is 0 Å². The van der Waals surface area contributed by atoms with Crippen LogP contribution in [-0.2, 0) is 33.4 Å². The fourth-order valence-electron chi connectivity index (χ4n) is 2.45. The number of hydrogen-bond acceptors (Lipinski definition) is 7. The molecule has 0 aromatic carbocycles. The molecule has 1 fully saturated rings. The van der Waals surface area contributed by atoms with E-state index in [1.807, 2.05) is 27.7 Å². The van der Waals surface area contributed by atoms with E-state index >= 15 is 0 Å². The molecule has 0 unspecified atom stereocenters. The Labute approximate surface area is 167 Å². The molecule has 0 aromatic rings. The first-order valence-electron chi connectivity index (χ1n) is 9.90. The summed E-state index contributed by atoms with van der Waals surface area (Å²) in [7, 11) is 1.70. The lowest BCUT2D eigenvalue weighted by molar-refractivity contribution is -0.197. The summed E-state index contributed by atoms with van der Waals surface area (Å²) < 4.78 is 16.9. The maximum Gasteiger partial charge on any atom is 0.333 e. The Bertz CT molecular complexity index is 515. The summed E-state index contributed by atoms with van der Waals surface area (Å²) in [4.78, 5) is 39.2. The Morgan fingerprint density at radius 1 is 0.929 bits per heavy atom. The summed E-state index contributed by atoms with van der Waals surface area (Å²) >= 11 is 0. The molecule has 0 saturated carbocycles. The van der Waals surface area contributed by atoms with Gasteiger partial charge in [0, 0.05) is 39.6 Å². The quantitative estimate of drug-likeness (QED) is 0.326. The molecule has 0 aromatic heterocycles. The summed E-state index contributed by atoms with van der Waals surface area (Å²) in [6.07, 6.45) is 3.19. The average Bonchev–Trinajstić information content (AvgIpc) is 2.92. The fourth-order valence-corrected chi connectivity index (χ4v) is 2.45. The second-order valence-corrected chi connectivity index (χ2v) is 8.19. The maximum absolute atomic E-state index is 11.7. The van der Waals surface area contributed by atoms with Gasteiger partial charge in [-0.2, -0.15) is 0 Å². The molecule has 1 aliphatic heterocycles. The van der Waals surface area contributed by atoms with E-state index in [-0.39, 0.29) is 30.5 Å². The number of ether oxygens (including phenoxy) is 3. The Morgan fingerprint density at radius 2 is 1.54 bits per heavy atom. The van der Waals surface area contributed by atoms with Gasteiger partial charge in [0.15, 0.2) is 0 Å². The first kappa shape index (κ1) is 24.5. The summed E-state index contributed by atoms with van der Waals surface area (Å²) in [6.45, 7) is 9.86. The van der Waals surface area contributed by atoms with Crippen molar-refractivity contribution in [3.8, 4) is 0 Å². The third kappa shape index (κ3) is 9.61. The van der Waals surface area contributed by atoms with Gasteiger partial charge in [0.25, 0.3) is 11.8 Å². The molecular formula is C20H35NO7. The van der Waals surface area contributed by atoms with Gasteiger partial charge in [-0.1, -0.05) is 0 Å². The molecule has 0 aliphatic carbocycles. The molecule has 2 amide bonds. The number of methoxy groups -OCH3 is 1. The van der Waals surface area contributed by atoms with Crippen LogP contribution in [0.3, 0.4) is 0 Å². The third-order valence-electron chi connectivity index (χ3n) is 4.72. The monoisotopic (exact) mass is 401 g/mol. The molecule has 162 valence electrons. The van der Waals surface area contributed by atoms with E-state index in [0.29, 0.717) is 37.7 Å². The summed E-state index contributed by atoms with van der Waals surface area (Å²) in [6, 6.07) is 0. The zero-order valence-electron chi connectivity index (χ0n) is 17.9. The topological polar surface area (TPSA) is 91.4 Å². The zero-order valence-corrected chi connectivity index (χ0v) is 17.9. The standard InChI is InChI=1S/C20H35NO7/c1-19(2,25-5)12-15-27-20(3,4)11-14-26-13-7-6-8-18(24)28-21-16(22)9-10-17(21)23/h6-15H2,1-5H3. The van der Waals surface area contributed by atoms with Crippen LogP contribution in [0.5, 0.6) is 0 Å². The summed E-state index contributed by atoms with van der Waals surface area (Å²) in [5, 5.41) is 0.578. The van der Waals surface area contributed by atoms with Crippen molar-refractivity contribution in [1.82, 2.24) is 5.06 Å². The number of rotatable bonds is 14. The first-order valence-corrected chi connectivity index (χ1v) is 9.90. The van der Waals surface area contributed by atoms with E-state index in [1.165, 1.54) is 0 Å². The highest BCUT2D eigenvalue weighted by atomic mass is 16.7. The first-order chi connectivity index (χ1) is 13.1. The zero-order chi connectivity index (χ0) is 21.2. The van der Waals surface area contributed by atoms with Gasteiger partial charge in [0.2, 0.25) is 0 Å². The maximum atomic E-state index is 11.7. The second-order valence-electron chi connectivity index (χ2n) is 8.19. The number of hydrogen-bond donors (Lipinski definition) is 0. The third-order valence-corrected chi connectivity index (χ3v) is 4.72. The predicted octanol–water partition coefficient (Wildman–Crippen LogP) is 2.78. The average molecular weight is 402 g/mol. The van der Waals surface area contributed by atoms with Crippen molar-refractivity contribution in [3.05, 3.63) is 0 Å². The largest absolute Gasteiger partial charge is 0.381 e. The van der Waals surface area contributed by atoms with E-state index < -0.39 is 17.8 Å². The van der Waals surface area contributed by atoms with E-state index in [4.69, 9.17) is 19.0 Å². The Hall–Kier alpha value is -1.51. The van der Waals surface area contributed by atoms with Crippen molar-refractivity contribution in [2.75, 3.05) is 26.9 Å². The van der Waals surface area contributed by atoms with Gasteiger partial charge in [-0.25, -0.2) is 4.79 Å². The summed E-state index contributed by atoms with van der Waals surface area (Å²) in [5.41, 5.74) is -0.467. The van der Waals surface area contributed by atoms with Crippen LogP contribution < -0.4 is 0 Å². The highest BCUT2D eigenvalue weighted by Gasteiger charge is 2.32. The van der Waals surface area contributed by atoms with Crippen molar-refractivity contribution in [2.45, 2.75) is 83.8 Å². The fraction of sp³-hybridized carbons (Fsp3) is 0.850. The van der Waals surface area contributed by atoms with Gasteiger partial charge < -0.3 is 19.0 Å². The molecule has 1 rings (SSSR count). The van der Waals surface area contributed by atoms with Gasteiger partial charge in [0.1, 0.15) is 0 Å². The number of carbonyl (C=O) groups excluding carboxylic acids is 3. The molecule has 1 heterocycles. The van der Waals surface area contributed by atoms with E-state index in [1.54, 1.807) is 7.11 Å². The van der Waals surface area contributed by atoms with Crippen LogP contribution >= 0.6 is 0 Å². The van der Waals surface area contributed by atoms with Crippen molar-refractivity contribution >= 4 is 17.8 Å². The minimum absolute atomic E-state index is 0.101. The van der Waals surface area contributed by atoms with Crippen molar-refractivity contribution in [3.63, 3.8) is 0 Å². The number of unbranched alkanes of at least 4 members (excludes halogenated alkanes) is 1. The minimum Gasteiger partial charge on any atom is -0.381 e. The van der Waals surface area contributed by atoms with Crippen LogP contribution in [0.1, 0.15) is 72.6 Å². The van der Waals surface area contributed by atoms with Gasteiger partial charge in [-0.15, -0.1) is 5.06 Å². The smallest absolute Gasteiger partial charge is 0.333 e. The van der Waals surface area contributed by atoms with Gasteiger partial charge >= 0.3 is 5.97 Å². The number of hydroxylamine groups is 2. The number of imide groups is 1. The second kappa shape index (κ2) is 11.5. The molecule has 8 nitrogen and oxygen atoms in total. The molecule has 0 radical (unpaired) electrons. The summed E-state index contributed by atoms with van der Waals surface area (Å²) in [5.74, 6) is -1.49. The van der Waals surface area contributed by atoms with E-state index in [0.717, 1.165) is 12.8 Å². The minimum atomic E-state index is -0.572. The SMILES string of the molecule is COC(C)(C)CCOC(C)(C)CCOCCCCC(=O)ON1C(=O)CCC1=O. The van der Waals surface area contributed by atoms with Crippen LogP contribution in [0, 0.1) is 0 Å². The highest BCUT2D eigenvalue weighted by Crippen LogP contribution is 2.19. The van der Waals surface area contributed by atoms with Gasteiger partial charge in [0.05, 0.1) is 17.8 Å². The van der Waals surface area contributed by atoms with Crippen molar-refractivity contribution < 1.29 is 33.4 Å². The van der Waals surface area contributed by atoms with Gasteiger partial charge in [-0.05, 0) is 53.4 Å². The predicted molar refractivity (Wildman–Crippen MR) is 102 cm³/mol. The Balaban J connectivity index is 2.05. The molecule has 8 heteroatoms. The molecule has 0 bridgehead atoms. The molecular weight excluding hydrogens is 366 g/mol. The molecule has 0 N–H and O–H groups in total. The number of nitrogens with zero attached hydrogens (tertiary/aromatic N) is 1. The van der Waals surface area contributed by atoms with Gasteiger partial charge in [-0.3, -0.25) is 9.59 Å². The molecule has 1 saturated heterocycles. The Kier molecular flexibility index (Phi) is 10.1. The lowest BCUT2D eigenvalue weighted by Gasteiger charge is -2.28. The molecule has 0 spiro atoms. The molecule has 1 aliphatic rings. The van der Waals surface area contributed by atoms with E-state index in [2.05, 4.69) is 0 Å².